The molecular weight excluding hydrogens is 250 g/mol. The van der Waals surface area contributed by atoms with Crippen LogP contribution in [0, 0.1) is 0 Å². The second-order valence-electron chi connectivity index (χ2n) is 3.89. The van der Waals surface area contributed by atoms with Crippen molar-refractivity contribution >= 4 is 23.4 Å². The average molecular weight is 262 g/mol. The SMILES string of the molecule is O=C(O)Nc1ccccc1Cc1ccc(Cl)cc1. The molecule has 92 valence electrons. The number of carboxylic acid groups (broad SMARTS) is 1. The lowest BCUT2D eigenvalue weighted by Gasteiger charge is -2.09. The van der Waals surface area contributed by atoms with Gasteiger partial charge in [0, 0.05) is 10.7 Å². The summed E-state index contributed by atoms with van der Waals surface area (Å²) in [7, 11) is 0. The van der Waals surface area contributed by atoms with Crippen molar-refractivity contribution in [2.75, 3.05) is 5.32 Å². The maximum atomic E-state index is 10.7. The Bertz CT molecular complexity index is 552. The fraction of sp³-hybridized carbons (Fsp3) is 0.0714. The van der Waals surface area contributed by atoms with Crippen LogP contribution in [0.15, 0.2) is 48.5 Å². The first-order valence-electron chi connectivity index (χ1n) is 5.47. The molecule has 0 spiro atoms. The Balaban J connectivity index is 2.23. The number of para-hydroxylation sites is 1. The highest BCUT2D eigenvalue weighted by Gasteiger charge is 2.05. The molecule has 0 radical (unpaired) electrons. The average Bonchev–Trinajstić information content (AvgIpc) is 2.34. The Labute approximate surface area is 110 Å². The summed E-state index contributed by atoms with van der Waals surface area (Å²) < 4.78 is 0. The number of halogens is 1. The normalized spacial score (nSPS) is 10.1. The zero-order valence-electron chi connectivity index (χ0n) is 9.56. The molecule has 0 aliphatic heterocycles. The van der Waals surface area contributed by atoms with Crippen LogP contribution >= 0.6 is 11.6 Å². The maximum absolute atomic E-state index is 10.7. The number of hydrogen-bond acceptors (Lipinski definition) is 1. The van der Waals surface area contributed by atoms with Crippen LogP contribution in [-0.2, 0) is 6.42 Å². The Kier molecular flexibility index (Phi) is 3.85. The van der Waals surface area contributed by atoms with Gasteiger partial charge in [0.15, 0.2) is 0 Å². The molecule has 0 fully saturated rings. The van der Waals surface area contributed by atoms with Gasteiger partial charge in [0.2, 0.25) is 0 Å². The molecule has 0 aliphatic rings. The minimum atomic E-state index is -1.06. The van der Waals surface area contributed by atoms with E-state index in [2.05, 4.69) is 5.32 Å². The largest absolute Gasteiger partial charge is 0.465 e. The van der Waals surface area contributed by atoms with E-state index in [0.717, 1.165) is 11.1 Å². The first-order chi connectivity index (χ1) is 8.65. The molecule has 2 N–H and O–H groups in total. The Morgan fingerprint density at radius 2 is 1.78 bits per heavy atom. The third-order valence-electron chi connectivity index (χ3n) is 2.57. The molecule has 2 aromatic carbocycles. The molecule has 2 rings (SSSR count). The molecule has 0 aromatic heterocycles. The van der Waals surface area contributed by atoms with E-state index in [-0.39, 0.29) is 0 Å². The van der Waals surface area contributed by atoms with Crippen molar-refractivity contribution < 1.29 is 9.90 Å². The lowest BCUT2D eigenvalue weighted by atomic mass is 10.0. The number of benzene rings is 2. The molecule has 0 saturated heterocycles. The maximum Gasteiger partial charge on any atom is 0.409 e. The van der Waals surface area contributed by atoms with Gasteiger partial charge < -0.3 is 5.11 Å². The molecule has 18 heavy (non-hydrogen) atoms. The van der Waals surface area contributed by atoms with E-state index in [0.29, 0.717) is 17.1 Å². The van der Waals surface area contributed by atoms with Gasteiger partial charge in [0.25, 0.3) is 0 Å². The van der Waals surface area contributed by atoms with Crippen LogP contribution in [0.1, 0.15) is 11.1 Å². The fourth-order valence-electron chi connectivity index (χ4n) is 1.73. The molecule has 2 aromatic rings. The number of hydrogen-bond donors (Lipinski definition) is 2. The quantitative estimate of drug-likeness (QED) is 0.877. The summed E-state index contributed by atoms with van der Waals surface area (Å²) in [4.78, 5) is 10.7. The summed E-state index contributed by atoms with van der Waals surface area (Å²) in [5.74, 6) is 0. The second-order valence-corrected chi connectivity index (χ2v) is 4.33. The molecule has 4 heteroatoms. The molecule has 0 saturated carbocycles. The second kappa shape index (κ2) is 5.56. The van der Waals surface area contributed by atoms with Gasteiger partial charge >= 0.3 is 6.09 Å². The lowest BCUT2D eigenvalue weighted by molar-refractivity contribution is 0.209. The number of carbonyl (C=O) groups is 1. The Morgan fingerprint density at radius 1 is 1.11 bits per heavy atom. The molecule has 0 heterocycles. The van der Waals surface area contributed by atoms with Crippen LogP contribution < -0.4 is 5.32 Å². The lowest BCUT2D eigenvalue weighted by Crippen LogP contribution is -2.09. The van der Waals surface area contributed by atoms with E-state index >= 15 is 0 Å². The Morgan fingerprint density at radius 3 is 2.44 bits per heavy atom. The first kappa shape index (κ1) is 12.5. The number of anilines is 1. The van der Waals surface area contributed by atoms with E-state index in [9.17, 15) is 4.79 Å². The highest BCUT2D eigenvalue weighted by Crippen LogP contribution is 2.20. The van der Waals surface area contributed by atoms with Crippen LogP contribution in [-0.4, -0.2) is 11.2 Å². The minimum Gasteiger partial charge on any atom is -0.465 e. The predicted octanol–water partition coefficient (Wildman–Crippen LogP) is 4.02. The summed E-state index contributed by atoms with van der Waals surface area (Å²) >= 11 is 5.82. The molecular formula is C14H12ClNO2. The molecule has 0 unspecified atom stereocenters. The summed E-state index contributed by atoms with van der Waals surface area (Å²) in [6.45, 7) is 0. The van der Waals surface area contributed by atoms with Crippen LogP contribution in [0.2, 0.25) is 5.02 Å². The van der Waals surface area contributed by atoms with Gasteiger partial charge in [-0.1, -0.05) is 41.9 Å². The highest BCUT2D eigenvalue weighted by atomic mass is 35.5. The van der Waals surface area contributed by atoms with E-state index in [4.69, 9.17) is 16.7 Å². The molecule has 1 amide bonds. The number of nitrogens with one attached hydrogen (secondary N) is 1. The van der Waals surface area contributed by atoms with Crippen molar-refractivity contribution in [2.45, 2.75) is 6.42 Å². The number of rotatable bonds is 3. The first-order valence-corrected chi connectivity index (χ1v) is 5.85. The summed E-state index contributed by atoms with van der Waals surface area (Å²) in [6, 6.07) is 14.8. The third-order valence-corrected chi connectivity index (χ3v) is 2.82. The van der Waals surface area contributed by atoms with E-state index < -0.39 is 6.09 Å². The van der Waals surface area contributed by atoms with E-state index in [1.165, 1.54) is 0 Å². The van der Waals surface area contributed by atoms with Gasteiger partial charge in [-0.15, -0.1) is 0 Å². The van der Waals surface area contributed by atoms with Crippen molar-refractivity contribution in [1.82, 2.24) is 0 Å². The van der Waals surface area contributed by atoms with Crippen molar-refractivity contribution in [3.8, 4) is 0 Å². The summed E-state index contributed by atoms with van der Waals surface area (Å²) in [5, 5.41) is 11.9. The van der Waals surface area contributed by atoms with Crippen molar-refractivity contribution in [3.63, 3.8) is 0 Å². The highest BCUT2D eigenvalue weighted by molar-refractivity contribution is 6.30. The third kappa shape index (κ3) is 3.25. The van der Waals surface area contributed by atoms with Crippen LogP contribution in [0.3, 0.4) is 0 Å². The van der Waals surface area contributed by atoms with Gasteiger partial charge in [-0.05, 0) is 35.7 Å². The van der Waals surface area contributed by atoms with Crippen molar-refractivity contribution in [1.29, 1.82) is 0 Å². The van der Waals surface area contributed by atoms with E-state index in [1.54, 1.807) is 12.1 Å². The summed E-state index contributed by atoms with van der Waals surface area (Å²) in [6.07, 6.45) is -0.397. The Hall–Kier alpha value is -2.00. The molecule has 0 bridgehead atoms. The van der Waals surface area contributed by atoms with Gasteiger partial charge in [0.1, 0.15) is 0 Å². The van der Waals surface area contributed by atoms with Crippen LogP contribution in [0.25, 0.3) is 0 Å². The van der Waals surface area contributed by atoms with Crippen molar-refractivity contribution in [3.05, 3.63) is 64.7 Å². The van der Waals surface area contributed by atoms with Crippen LogP contribution in [0.5, 0.6) is 0 Å². The van der Waals surface area contributed by atoms with E-state index in [1.807, 2.05) is 36.4 Å². The molecule has 0 atom stereocenters. The van der Waals surface area contributed by atoms with Gasteiger partial charge in [-0.2, -0.15) is 0 Å². The van der Waals surface area contributed by atoms with Crippen LogP contribution in [0.4, 0.5) is 10.5 Å². The monoisotopic (exact) mass is 261 g/mol. The van der Waals surface area contributed by atoms with Gasteiger partial charge in [-0.25, -0.2) is 4.79 Å². The minimum absolute atomic E-state index is 0.611. The zero-order chi connectivity index (χ0) is 13.0. The summed E-state index contributed by atoms with van der Waals surface area (Å²) in [5.41, 5.74) is 2.63. The molecule has 0 aliphatic carbocycles. The zero-order valence-corrected chi connectivity index (χ0v) is 10.3. The topological polar surface area (TPSA) is 49.3 Å². The smallest absolute Gasteiger partial charge is 0.409 e. The predicted molar refractivity (Wildman–Crippen MR) is 72.3 cm³/mol. The standard InChI is InChI=1S/C14H12ClNO2/c15-12-7-5-10(6-8-12)9-11-3-1-2-4-13(11)16-14(17)18/h1-8,16H,9H2,(H,17,18). The van der Waals surface area contributed by atoms with Gasteiger partial charge in [-0.3, -0.25) is 5.32 Å². The van der Waals surface area contributed by atoms with Crippen molar-refractivity contribution in [2.24, 2.45) is 0 Å². The van der Waals surface area contributed by atoms with Gasteiger partial charge in [0.05, 0.1) is 0 Å². The number of amides is 1. The fourth-order valence-corrected chi connectivity index (χ4v) is 1.86. The molecule has 3 nitrogen and oxygen atoms in total.